The van der Waals surface area contributed by atoms with Crippen molar-refractivity contribution in [3.8, 4) is 0 Å². The molecule has 1 amide bonds. The number of aromatic carboxylic acids is 1. The first-order valence-corrected chi connectivity index (χ1v) is 8.00. The number of amides is 1. The Labute approximate surface area is 135 Å². The van der Waals surface area contributed by atoms with Crippen molar-refractivity contribution in [2.24, 2.45) is 5.92 Å². The Morgan fingerprint density at radius 1 is 1.17 bits per heavy atom. The summed E-state index contributed by atoms with van der Waals surface area (Å²) in [6.07, 6.45) is 0. The van der Waals surface area contributed by atoms with Crippen molar-refractivity contribution in [3.05, 3.63) is 35.4 Å². The van der Waals surface area contributed by atoms with Crippen LogP contribution >= 0.6 is 0 Å². The smallest absolute Gasteiger partial charge is 0.335 e. The summed E-state index contributed by atoms with van der Waals surface area (Å²) in [5, 5.41) is 9.07. The number of carboxylic acid groups (broad SMARTS) is 1. The largest absolute Gasteiger partial charge is 0.478 e. The highest BCUT2D eigenvalue weighted by Gasteiger charge is 2.36. The minimum atomic E-state index is -1.01. The standard InChI is InChI=1S/C17H22N2O4/c1-12-10-19(11-15(12)18-5-7-23-8-6-18)16(20)13-3-2-4-14(9-13)17(21)22/h2-4,9,12,15H,5-8,10-11H2,1H3,(H,21,22). The maximum Gasteiger partial charge on any atom is 0.335 e. The molecule has 23 heavy (non-hydrogen) atoms. The Bertz CT molecular complexity index is 598. The lowest BCUT2D eigenvalue weighted by Gasteiger charge is -2.34. The second kappa shape index (κ2) is 6.68. The third-order valence-corrected chi connectivity index (χ3v) is 4.73. The fourth-order valence-electron chi connectivity index (χ4n) is 3.47. The first kappa shape index (κ1) is 16.0. The van der Waals surface area contributed by atoms with Gasteiger partial charge in [-0.05, 0) is 24.1 Å². The highest BCUT2D eigenvalue weighted by molar-refractivity contribution is 5.97. The number of hydrogen-bond donors (Lipinski definition) is 1. The van der Waals surface area contributed by atoms with Crippen LogP contribution < -0.4 is 0 Å². The maximum absolute atomic E-state index is 12.7. The van der Waals surface area contributed by atoms with Crippen LogP contribution in [0.5, 0.6) is 0 Å². The molecular weight excluding hydrogens is 296 g/mol. The SMILES string of the molecule is CC1CN(C(=O)c2cccc(C(=O)O)c2)CC1N1CCOCC1. The number of carbonyl (C=O) groups excluding carboxylic acids is 1. The summed E-state index contributed by atoms with van der Waals surface area (Å²) in [5.74, 6) is -0.698. The molecule has 1 aromatic rings. The first-order chi connectivity index (χ1) is 11.1. The van der Waals surface area contributed by atoms with E-state index >= 15 is 0 Å². The molecule has 1 N–H and O–H groups in total. The van der Waals surface area contributed by atoms with Crippen LogP contribution in [0.4, 0.5) is 0 Å². The van der Waals surface area contributed by atoms with Gasteiger partial charge in [-0.25, -0.2) is 4.79 Å². The lowest BCUT2D eigenvalue weighted by atomic mass is 10.0. The summed E-state index contributed by atoms with van der Waals surface area (Å²) in [6, 6.07) is 6.61. The van der Waals surface area contributed by atoms with Crippen LogP contribution in [0.1, 0.15) is 27.6 Å². The lowest BCUT2D eigenvalue weighted by molar-refractivity contribution is 0.0119. The van der Waals surface area contributed by atoms with Gasteiger partial charge < -0.3 is 14.7 Å². The predicted molar refractivity (Wildman–Crippen MR) is 84.6 cm³/mol. The number of carboxylic acids is 1. The van der Waals surface area contributed by atoms with E-state index in [1.807, 2.05) is 4.90 Å². The van der Waals surface area contributed by atoms with Crippen LogP contribution in [0.3, 0.4) is 0 Å². The second-order valence-electron chi connectivity index (χ2n) is 6.29. The molecule has 1 aromatic carbocycles. The van der Waals surface area contributed by atoms with Crippen molar-refractivity contribution < 1.29 is 19.4 Å². The van der Waals surface area contributed by atoms with Gasteiger partial charge in [-0.3, -0.25) is 9.69 Å². The average molecular weight is 318 g/mol. The Kier molecular flexibility index (Phi) is 4.63. The molecule has 0 radical (unpaired) electrons. The van der Waals surface area contributed by atoms with Gasteiger partial charge >= 0.3 is 5.97 Å². The summed E-state index contributed by atoms with van der Waals surface area (Å²) in [4.78, 5) is 28.0. The van der Waals surface area contributed by atoms with Gasteiger partial charge in [-0.15, -0.1) is 0 Å². The summed E-state index contributed by atoms with van der Waals surface area (Å²) in [7, 11) is 0. The van der Waals surface area contributed by atoms with Crippen molar-refractivity contribution in [2.45, 2.75) is 13.0 Å². The van der Waals surface area contributed by atoms with Crippen molar-refractivity contribution >= 4 is 11.9 Å². The Hall–Kier alpha value is -1.92. The van der Waals surface area contributed by atoms with Gasteiger partial charge in [0.15, 0.2) is 0 Å². The van der Waals surface area contributed by atoms with Crippen LogP contribution in [-0.2, 0) is 4.74 Å². The molecule has 124 valence electrons. The molecule has 0 aromatic heterocycles. The number of likely N-dealkylation sites (tertiary alicyclic amines) is 1. The van der Waals surface area contributed by atoms with E-state index in [0.29, 0.717) is 30.6 Å². The minimum Gasteiger partial charge on any atom is -0.478 e. The highest BCUT2D eigenvalue weighted by atomic mass is 16.5. The molecule has 2 atom stereocenters. The van der Waals surface area contributed by atoms with E-state index in [-0.39, 0.29) is 11.5 Å². The number of nitrogens with zero attached hydrogens (tertiary/aromatic N) is 2. The number of ether oxygens (including phenoxy) is 1. The molecule has 0 bridgehead atoms. The monoisotopic (exact) mass is 318 g/mol. The Balaban J connectivity index is 1.71. The number of carbonyl (C=O) groups is 2. The molecular formula is C17H22N2O4. The van der Waals surface area contributed by atoms with Gasteiger partial charge in [0.05, 0.1) is 18.8 Å². The van der Waals surface area contributed by atoms with Gasteiger partial charge in [-0.1, -0.05) is 13.0 Å². The van der Waals surface area contributed by atoms with Gasteiger partial charge in [0.2, 0.25) is 0 Å². The maximum atomic E-state index is 12.7. The minimum absolute atomic E-state index is 0.0873. The number of benzene rings is 1. The van der Waals surface area contributed by atoms with Crippen molar-refractivity contribution in [2.75, 3.05) is 39.4 Å². The molecule has 0 saturated carbocycles. The topological polar surface area (TPSA) is 70.1 Å². The van der Waals surface area contributed by atoms with E-state index in [9.17, 15) is 9.59 Å². The molecule has 0 aliphatic carbocycles. The molecule has 6 heteroatoms. The zero-order valence-electron chi connectivity index (χ0n) is 13.3. The summed E-state index contributed by atoms with van der Waals surface area (Å²) in [5.41, 5.74) is 0.590. The van der Waals surface area contributed by atoms with Crippen molar-refractivity contribution in [1.29, 1.82) is 0 Å². The average Bonchev–Trinajstić information content (AvgIpc) is 2.97. The first-order valence-electron chi connectivity index (χ1n) is 8.00. The number of hydrogen-bond acceptors (Lipinski definition) is 4. The van der Waals surface area contributed by atoms with Gasteiger partial charge in [0, 0.05) is 37.8 Å². The zero-order chi connectivity index (χ0) is 16.4. The lowest BCUT2D eigenvalue weighted by Crippen LogP contribution is -2.47. The van der Waals surface area contributed by atoms with Crippen LogP contribution in [0.15, 0.2) is 24.3 Å². The molecule has 2 saturated heterocycles. The van der Waals surface area contributed by atoms with E-state index in [1.165, 1.54) is 12.1 Å². The van der Waals surface area contributed by atoms with Gasteiger partial charge in [0.25, 0.3) is 5.91 Å². The molecule has 3 rings (SSSR count). The molecule has 6 nitrogen and oxygen atoms in total. The summed E-state index contributed by atoms with van der Waals surface area (Å²) < 4.78 is 5.40. The highest BCUT2D eigenvalue weighted by Crippen LogP contribution is 2.24. The normalized spacial score (nSPS) is 25.5. The molecule has 2 heterocycles. The fraction of sp³-hybridized carbons (Fsp3) is 0.529. The van der Waals surface area contributed by atoms with Crippen LogP contribution in [0, 0.1) is 5.92 Å². The number of rotatable bonds is 3. The molecule has 0 spiro atoms. The van der Waals surface area contributed by atoms with E-state index in [1.54, 1.807) is 12.1 Å². The fourth-order valence-corrected chi connectivity index (χ4v) is 3.47. The molecule has 2 unspecified atom stereocenters. The molecule has 2 fully saturated rings. The van der Waals surface area contributed by atoms with Crippen molar-refractivity contribution in [3.63, 3.8) is 0 Å². The zero-order valence-corrected chi connectivity index (χ0v) is 13.3. The van der Waals surface area contributed by atoms with Crippen LogP contribution in [0.25, 0.3) is 0 Å². The van der Waals surface area contributed by atoms with Crippen molar-refractivity contribution in [1.82, 2.24) is 9.80 Å². The van der Waals surface area contributed by atoms with E-state index in [0.717, 1.165) is 26.3 Å². The van der Waals surface area contributed by atoms with E-state index < -0.39 is 5.97 Å². The number of morpholine rings is 1. The second-order valence-corrected chi connectivity index (χ2v) is 6.29. The van der Waals surface area contributed by atoms with E-state index in [4.69, 9.17) is 9.84 Å². The predicted octanol–water partition coefficient (Wildman–Crippen LogP) is 1.18. The van der Waals surface area contributed by atoms with Gasteiger partial charge in [-0.2, -0.15) is 0 Å². The third kappa shape index (κ3) is 3.38. The van der Waals surface area contributed by atoms with Crippen LogP contribution in [0.2, 0.25) is 0 Å². The molecule has 2 aliphatic rings. The summed E-state index contributed by atoms with van der Waals surface area (Å²) in [6.45, 7) is 6.88. The third-order valence-electron chi connectivity index (χ3n) is 4.73. The van der Waals surface area contributed by atoms with Gasteiger partial charge in [0.1, 0.15) is 0 Å². The quantitative estimate of drug-likeness (QED) is 0.906. The Morgan fingerprint density at radius 3 is 2.57 bits per heavy atom. The molecule has 2 aliphatic heterocycles. The summed E-state index contributed by atoms with van der Waals surface area (Å²) >= 11 is 0. The van der Waals surface area contributed by atoms with Crippen LogP contribution in [-0.4, -0.2) is 72.2 Å². The van der Waals surface area contributed by atoms with E-state index in [2.05, 4.69) is 11.8 Å². The Morgan fingerprint density at radius 2 is 1.87 bits per heavy atom.